The molecule has 2 rings (SSSR count). The summed E-state index contributed by atoms with van der Waals surface area (Å²) in [6.07, 6.45) is 10.9. The van der Waals surface area contributed by atoms with Gasteiger partial charge in [-0.05, 0) is 59.0 Å². The van der Waals surface area contributed by atoms with Crippen molar-refractivity contribution in [2.24, 2.45) is 0 Å². The predicted molar refractivity (Wildman–Crippen MR) is 96.1 cm³/mol. The molecule has 1 heterocycles. The molecule has 140 valence electrons. The zero-order valence-electron chi connectivity index (χ0n) is 15.6. The fourth-order valence-corrected chi connectivity index (χ4v) is 3.65. The molecule has 2 aliphatic rings. The third kappa shape index (κ3) is 7.08. The van der Waals surface area contributed by atoms with E-state index in [2.05, 4.69) is 17.3 Å². The Morgan fingerprint density at radius 3 is 2.67 bits per heavy atom. The summed E-state index contributed by atoms with van der Waals surface area (Å²) in [6.45, 7) is 4.95. The maximum absolute atomic E-state index is 12.1. The number of ether oxygens (including phenoxy) is 2. The highest BCUT2D eigenvalue weighted by atomic mass is 16.5. The molecule has 2 unspecified atom stereocenters. The normalized spacial score (nSPS) is 24.0. The van der Waals surface area contributed by atoms with Crippen LogP contribution >= 0.6 is 0 Å². The minimum Gasteiger partial charge on any atom is -0.376 e. The van der Waals surface area contributed by atoms with E-state index < -0.39 is 6.10 Å². The average molecular weight is 341 g/mol. The number of amides is 1. The fourth-order valence-electron chi connectivity index (χ4n) is 3.65. The van der Waals surface area contributed by atoms with E-state index >= 15 is 0 Å². The maximum atomic E-state index is 12.1. The minimum atomic E-state index is -0.397. The van der Waals surface area contributed by atoms with Crippen LogP contribution in [0.1, 0.15) is 64.7 Å². The first-order valence-corrected chi connectivity index (χ1v) is 9.88. The molecule has 0 aromatic heterocycles. The van der Waals surface area contributed by atoms with Crippen LogP contribution in [-0.2, 0) is 14.3 Å². The second-order valence-electron chi connectivity index (χ2n) is 7.38. The van der Waals surface area contributed by atoms with Crippen LogP contribution in [-0.4, -0.2) is 62.4 Å². The van der Waals surface area contributed by atoms with Crippen molar-refractivity contribution < 1.29 is 14.3 Å². The quantitative estimate of drug-likeness (QED) is 0.656. The van der Waals surface area contributed by atoms with E-state index in [1.807, 2.05) is 6.92 Å². The van der Waals surface area contributed by atoms with Crippen molar-refractivity contribution in [3.05, 3.63) is 0 Å². The first-order valence-electron chi connectivity index (χ1n) is 9.88. The molecule has 2 fully saturated rings. The fraction of sp³-hybridized carbons (Fsp3) is 0.947. The lowest BCUT2D eigenvalue weighted by atomic mass is 9.94. The number of hydrogen-bond donors (Lipinski definition) is 1. The van der Waals surface area contributed by atoms with Gasteiger partial charge in [0.05, 0.1) is 12.7 Å². The van der Waals surface area contributed by atoms with E-state index in [1.54, 1.807) is 0 Å². The topological polar surface area (TPSA) is 50.8 Å². The van der Waals surface area contributed by atoms with Crippen LogP contribution in [0.25, 0.3) is 0 Å². The highest BCUT2D eigenvalue weighted by Crippen LogP contribution is 2.21. The van der Waals surface area contributed by atoms with Crippen molar-refractivity contribution >= 4 is 5.91 Å². The minimum absolute atomic E-state index is 0.00821. The second-order valence-corrected chi connectivity index (χ2v) is 7.38. The Labute approximate surface area is 147 Å². The summed E-state index contributed by atoms with van der Waals surface area (Å²) >= 11 is 0. The molecule has 0 radical (unpaired) electrons. The number of hydrogen-bond acceptors (Lipinski definition) is 4. The Balaban J connectivity index is 1.51. The van der Waals surface area contributed by atoms with Crippen molar-refractivity contribution in [1.29, 1.82) is 0 Å². The van der Waals surface area contributed by atoms with Gasteiger partial charge in [0.2, 0.25) is 5.91 Å². The van der Waals surface area contributed by atoms with Gasteiger partial charge in [0.1, 0.15) is 6.10 Å². The Morgan fingerprint density at radius 2 is 1.96 bits per heavy atom. The lowest BCUT2D eigenvalue weighted by Gasteiger charge is -2.31. The Kier molecular flexibility index (Phi) is 9.07. The van der Waals surface area contributed by atoms with E-state index in [1.165, 1.54) is 38.5 Å². The molecule has 1 amide bonds. The standard InChI is InChI=1S/C19H36N2O3/c1-16(24-15-18-11-6-7-14-23-18)19(22)20-12-8-13-21(2)17-9-4-3-5-10-17/h16-18H,3-15H2,1-2H3,(H,20,22). The molecule has 1 aliphatic heterocycles. The average Bonchev–Trinajstić information content (AvgIpc) is 2.64. The van der Waals surface area contributed by atoms with Gasteiger partial charge in [0.15, 0.2) is 0 Å². The largest absolute Gasteiger partial charge is 0.376 e. The first kappa shape index (κ1) is 19.7. The lowest BCUT2D eigenvalue weighted by molar-refractivity contribution is -0.135. The monoisotopic (exact) mass is 340 g/mol. The van der Waals surface area contributed by atoms with E-state index in [0.717, 1.165) is 45.0 Å². The predicted octanol–water partition coefficient (Wildman–Crippen LogP) is 2.73. The van der Waals surface area contributed by atoms with Crippen LogP contribution in [0.5, 0.6) is 0 Å². The Bertz CT molecular complexity index is 353. The molecule has 1 saturated carbocycles. The van der Waals surface area contributed by atoms with Gasteiger partial charge in [-0.25, -0.2) is 0 Å². The van der Waals surface area contributed by atoms with Gasteiger partial charge in [-0.2, -0.15) is 0 Å². The van der Waals surface area contributed by atoms with Gasteiger partial charge in [-0.15, -0.1) is 0 Å². The van der Waals surface area contributed by atoms with Crippen molar-refractivity contribution in [1.82, 2.24) is 10.2 Å². The van der Waals surface area contributed by atoms with Crippen LogP contribution in [0.4, 0.5) is 0 Å². The van der Waals surface area contributed by atoms with Crippen LogP contribution in [0.3, 0.4) is 0 Å². The molecular formula is C19H36N2O3. The summed E-state index contributed by atoms with van der Waals surface area (Å²) < 4.78 is 11.3. The zero-order chi connectivity index (χ0) is 17.2. The Hall–Kier alpha value is -0.650. The third-order valence-corrected chi connectivity index (χ3v) is 5.36. The molecule has 0 aromatic rings. The van der Waals surface area contributed by atoms with Gasteiger partial charge in [0, 0.05) is 19.2 Å². The Morgan fingerprint density at radius 1 is 1.21 bits per heavy atom. The molecule has 0 spiro atoms. The summed E-state index contributed by atoms with van der Waals surface area (Å²) in [6, 6.07) is 0.743. The zero-order valence-corrected chi connectivity index (χ0v) is 15.6. The second kappa shape index (κ2) is 11.1. The molecule has 5 heteroatoms. The molecule has 24 heavy (non-hydrogen) atoms. The third-order valence-electron chi connectivity index (χ3n) is 5.36. The smallest absolute Gasteiger partial charge is 0.248 e. The van der Waals surface area contributed by atoms with Crippen LogP contribution in [0.2, 0.25) is 0 Å². The van der Waals surface area contributed by atoms with Crippen LogP contribution in [0.15, 0.2) is 0 Å². The van der Waals surface area contributed by atoms with E-state index in [9.17, 15) is 4.79 Å². The van der Waals surface area contributed by atoms with Crippen molar-refractivity contribution in [2.45, 2.75) is 83.0 Å². The molecule has 2 atom stereocenters. The summed E-state index contributed by atoms with van der Waals surface area (Å²) in [4.78, 5) is 14.5. The maximum Gasteiger partial charge on any atom is 0.248 e. The molecule has 1 N–H and O–H groups in total. The summed E-state index contributed by atoms with van der Waals surface area (Å²) in [5.74, 6) is -0.00821. The number of rotatable bonds is 9. The van der Waals surface area contributed by atoms with Gasteiger partial charge in [-0.1, -0.05) is 19.3 Å². The lowest BCUT2D eigenvalue weighted by Crippen LogP contribution is -2.39. The van der Waals surface area contributed by atoms with Gasteiger partial charge in [-0.3, -0.25) is 4.79 Å². The van der Waals surface area contributed by atoms with Crippen molar-refractivity contribution in [2.75, 3.05) is 33.4 Å². The van der Waals surface area contributed by atoms with E-state index in [0.29, 0.717) is 6.61 Å². The van der Waals surface area contributed by atoms with E-state index in [-0.39, 0.29) is 12.0 Å². The SMILES string of the molecule is CC(OCC1CCCCO1)C(=O)NCCCN(C)C1CCCCC1. The van der Waals surface area contributed by atoms with Crippen LogP contribution < -0.4 is 5.32 Å². The summed E-state index contributed by atoms with van der Waals surface area (Å²) in [7, 11) is 2.22. The highest BCUT2D eigenvalue weighted by Gasteiger charge is 2.19. The molecular weight excluding hydrogens is 304 g/mol. The summed E-state index contributed by atoms with van der Waals surface area (Å²) in [5.41, 5.74) is 0. The molecule has 0 aromatic carbocycles. The van der Waals surface area contributed by atoms with Crippen molar-refractivity contribution in [3.63, 3.8) is 0 Å². The van der Waals surface area contributed by atoms with E-state index in [4.69, 9.17) is 9.47 Å². The number of nitrogens with zero attached hydrogens (tertiary/aromatic N) is 1. The van der Waals surface area contributed by atoms with Gasteiger partial charge >= 0.3 is 0 Å². The molecule has 5 nitrogen and oxygen atoms in total. The van der Waals surface area contributed by atoms with Crippen LogP contribution in [0, 0.1) is 0 Å². The first-order chi connectivity index (χ1) is 11.7. The molecule has 1 aliphatic carbocycles. The van der Waals surface area contributed by atoms with Gasteiger partial charge < -0.3 is 19.7 Å². The number of nitrogens with one attached hydrogen (secondary N) is 1. The number of carbonyl (C=O) groups is 1. The molecule has 1 saturated heterocycles. The number of carbonyl (C=O) groups excluding carboxylic acids is 1. The highest BCUT2D eigenvalue weighted by molar-refractivity contribution is 5.80. The summed E-state index contributed by atoms with van der Waals surface area (Å²) in [5, 5.41) is 3.00. The van der Waals surface area contributed by atoms with Crippen molar-refractivity contribution in [3.8, 4) is 0 Å². The van der Waals surface area contributed by atoms with Gasteiger partial charge in [0.25, 0.3) is 0 Å². The molecule has 0 bridgehead atoms.